The van der Waals surface area contributed by atoms with Gasteiger partial charge in [-0.15, -0.1) is 0 Å². The zero-order chi connectivity index (χ0) is 9.02. The van der Waals surface area contributed by atoms with Crippen LogP contribution in [0.5, 0.6) is 0 Å². The highest BCUT2D eigenvalue weighted by Gasteiger charge is 2.23. The molecule has 2 unspecified atom stereocenters. The van der Waals surface area contributed by atoms with Crippen molar-refractivity contribution in [1.29, 1.82) is 0 Å². The molecule has 64 valence electrons. The smallest absolute Gasteiger partial charge is 0.310 e. The lowest BCUT2D eigenvalue weighted by Crippen LogP contribution is -2.21. The van der Waals surface area contributed by atoms with Gasteiger partial charge in [-0.1, -0.05) is 32.4 Å². The van der Waals surface area contributed by atoms with E-state index in [1.54, 1.807) is 6.92 Å². The number of hydrogen-bond donors (Lipinski definition) is 1. The average Bonchev–Trinajstić information content (AvgIpc) is 1.85. The lowest BCUT2D eigenvalue weighted by Gasteiger charge is -2.18. The predicted octanol–water partition coefficient (Wildman–Crippen LogP) is 2.31. The van der Waals surface area contributed by atoms with Crippen LogP contribution in [0.2, 0.25) is 0 Å². The minimum absolute atomic E-state index is 0.185. The maximum absolute atomic E-state index is 10.7. The molecule has 0 aliphatic heterocycles. The Kier molecular flexibility index (Phi) is 3.86. The van der Waals surface area contributed by atoms with Crippen LogP contribution in [0.1, 0.15) is 27.2 Å². The molecule has 0 heterocycles. The molecule has 1 N–H and O–H groups in total. The van der Waals surface area contributed by atoms with Gasteiger partial charge in [-0.25, -0.2) is 0 Å². The molecule has 0 aromatic carbocycles. The number of aliphatic carboxylic acids is 1. The second-order valence-corrected chi connectivity index (χ2v) is 3.05. The number of rotatable bonds is 4. The molecule has 2 heteroatoms. The van der Waals surface area contributed by atoms with Crippen LogP contribution in [-0.4, -0.2) is 11.1 Å². The van der Waals surface area contributed by atoms with Gasteiger partial charge in [0, 0.05) is 0 Å². The third-order valence-electron chi connectivity index (χ3n) is 2.01. The van der Waals surface area contributed by atoms with Gasteiger partial charge in [0.1, 0.15) is 0 Å². The first kappa shape index (κ1) is 10.2. The lowest BCUT2D eigenvalue weighted by atomic mass is 9.87. The average molecular weight is 156 g/mol. The molecule has 0 saturated carbocycles. The maximum Gasteiger partial charge on any atom is 0.310 e. The summed E-state index contributed by atoms with van der Waals surface area (Å²) < 4.78 is 0. The Morgan fingerprint density at radius 1 is 1.64 bits per heavy atom. The van der Waals surface area contributed by atoms with E-state index in [1.807, 2.05) is 13.8 Å². The molecule has 0 radical (unpaired) electrons. The van der Waals surface area contributed by atoms with Crippen LogP contribution in [0, 0.1) is 11.8 Å². The second-order valence-electron chi connectivity index (χ2n) is 3.05. The molecule has 0 fully saturated rings. The molecule has 0 aromatic rings. The van der Waals surface area contributed by atoms with Crippen molar-refractivity contribution in [2.75, 3.05) is 0 Å². The van der Waals surface area contributed by atoms with E-state index in [-0.39, 0.29) is 11.8 Å². The summed E-state index contributed by atoms with van der Waals surface area (Å²) in [5, 5.41) is 8.78. The number of carboxylic acids is 1. The quantitative estimate of drug-likeness (QED) is 0.634. The molecule has 0 bridgehead atoms. The van der Waals surface area contributed by atoms with E-state index in [0.717, 1.165) is 12.0 Å². The molecule has 0 spiro atoms. The van der Waals surface area contributed by atoms with E-state index in [4.69, 9.17) is 5.11 Å². The Morgan fingerprint density at radius 2 is 2.09 bits per heavy atom. The van der Waals surface area contributed by atoms with Crippen molar-refractivity contribution in [3.8, 4) is 0 Å². The minimum atomic E-state index is -0.758. The summed E-state index contributed by atoms with van der Waals surface area (Å²) in [6.45, 7) is 9.36. The highest BCUT2D eigenvalue weighted by Crippen LogP contribution is 2.21. The van der Waals surface area contributed by atoms with Crippen LogP contribution in [0.25, 0.3) is 0 Å². The van der Waals surface area contributed by atoms with Gasteiger partial charge < -0.3 is 5.11 Å². The summed E-state index contributed by atoms with van der Waals surface area (Å²) in [5.74, 6) is -0.947. The highest BCUT2D eigenvalue weighted by atomic mass is 16.4. The zero-order valence-corrected chi connectivity index (χ0v) is 7.42. The fourth-order valence-corrected chi connectivity index (χ4v) is 1.18. The van der Waals surface area contributed by atoms with Gasteiger partial charge in [0.05, 0.1) is 5.92 Å². The van der Waals surface area contributed by atoms with Gasteiger partial charge in [-0.3, -0.25) is 4.79 Å². The van der Waals surface area contributed by atoms with Crippen LogP contribution in [0.3, 0.4) is 0 Å². The van der Waals surface area contributed by atoms with Gasteiger partial charge >= 0.3 is 5.97 Å². The van der Waals surface area contributed by atoms with Crippen molar-refractivity contribution in [1.82, 2.24) is 0 Å². The summed E-state index contributed by atoms with van der Waals surface area (Å²) in [6.07, 6.45) is 0.879. The van der Waals surface area contributed by atoms with Crippen molar-refractivity contribution in [3.05, 3.63) is 12.2 Å². The number of carbonyl (C=O) groups is 1. The van der Waals surface area contributed by atoms with E-state index in [0.29, 0.717) is 0 Å². The number of hydrogen-bond acceptors (Lipinski definition) is 1. The Balaban J connectivity index is 4.34. The molecular weight excluding hydrogens is 140 g/mol. The molecule has 2 atom stereocenters. The molecule has 0 aliphatic carbocycles. The SMILES string of the molecule is C=C(C)C(C(=O)O)C(C)CC. The topological polar surface area (TPSA) is 37.3 Å². The molecule has 0 aliphatic rings. The Bertz CT molecular complexity index is 147. The van der Waals surface area contributed by atoms with Crippen molar-refractivity contribution in [3.63, 3.8) is 0 Å². The van der Waals surface area contributed by atoms with Crippen LogP contribution >= 0.6 is 0 Å². The van der Waals surface area contributed by atoms with Crippen molar-refractivity contribution in [2.45, 2.75) is 27.2 Å². The second kappa shape index (κ2) is 4.16. The van der Waals surface area contributed by atoms with Crippen molar-refractivity contribution >= 4 is 5.97 Å². The molecule has 0 aromatic heterocycles. The molecule has 0 rings (SSSR count). The van der Waals surface area contributed by atoms with Gasteiger partial charge in [0.2, 0.25) is 0 Å². The first-order valence-electron chi connectivity index (χ1n) is 3.88. The summed E-state index contributed by atoms with van der Waals surface area (Å²) >= 11 is 0. The van der Waals surface area contributed by atoms with Crippen LogP contribution < -0.4 is 0 Å². The molecular formula is C9H16O2. The van der Waals surface area contributed by atoms with E-state index >= 15 is 0 Å². The lowest BCUT2D eigenvalue weighted by molar-refractivity contribution is -0.141. The van der Waals surface area contributed by atoms with Crippen LogP contribution in [0.15, 0.2) is 12.2 Å². The monoisotopic (exact) mass is 156 g/mol. The Hall–Kier alpha value is -0.790. The predicted molar refractivity (Wildman–Crippen MR) is 45.4 cm³/mol. The fourth-order valence-electron chi connectivity index (χ4n) is 1.18. The van der Waals surface area contributed by atoms with Crippen molar-refractivity contribution in [2.24, 2.45) is 11.8 Å². The van der Waals surface area contributed by atoms with Gasteiger partial charge in [0.15, 0.2) is 0 Å². The molecule has 0 saturated heterocycles. The number of carboxylic acid groups (broad SMARTS) is 1. The van der Waals surface area contributed by atoms with E-state index in [2.05, 4.69) is 6.58 Å². The largest absolute Gasteiger partial charge is 0.481 e. The van der Waals surface area contributed by atoms with E-state index in [1.165, 1.54) is 0 Å². The highest BCUT2D eigenvalue weighted by molar-refractivity contribution is 5.73. The van der Waals surface area contributed by atoms with Crippen LogP contribution in [-0.2, 0) is 4.79 Å². The molecule has 0 amide bonds. The zero-order valence-electron chi connectivity index (χ0n) is 7.42. The Labute approximate surface area is 67.9 Å². The van der Waals surface area contributed by atoms with Gasteiger partial charge in [-0.2, -0.15) is 0 Å². The summed E-state index contributed by atoms with van der Waals surface area (Å²) in [4.78, 5) is 10.7. The van der Waals surface area contributed by atoms with E-state index < -0.39 is 5.97 Å². The standard InChI is InChI=1S/C9H16O2/c1-5-7(4)8(6(2)3)9(10)11/h7-8H,2,5H2,1,3-4H3,(H,10,11). The Morgan fingerprint density at radius 3 is 2.18 bits per heavy atom. The van der Waals surface area contributed by atoms with E-state index in [9.17, 15) is 4.79 Å². The first-order valence-corrected chi connectivity index (χ1v) is 3.88. The fraction of sp³-hybridized carbons (Fsp3) is 0.667. The minimum Gasteiger partial charge on any atom is -0.481 e. The summed E-state index contributed by atoms with van der Waals surface area (Å²) in [6, 6.07) is 0. The summed E-state index contributed by atoms with van der Waals surface area (Å²) in [5.41, 5.74) is 0.742. The normalized spacial score (nSPS) is 15.5. The molecule has 2 nitrogen and oxygen atoms in total. The molecule has 11 heavy (non-hydrogen) atoms. The maximum atomic E-state index is 10.7. The van der Waals surface area contributed by atoms with Crippen LogP contribution in [0.4, 0.5) is 0 Å². The van der Waals surface area contributed by atoms with Crippen molar-refractivity contribution < 1.29 is 9.90 Å². The third-order valence-corrected chi connectivity index (χ3v) is 2.01. The first-order chi connectivity index (χ1) is 5.00. The van der Waals surface area contributed by atoms with Gasteiger partial charge in [-0.05, 0) is 12.8 Å². The third kappa shape index (κ3) is 2.74. The summed E-state index contributed by atoms with van der Waals surface area (Å²) in [7, 11) is 0. The van der Waals surface area contributed by atoms with Gasteiger partial charge in [0.25, 0.3) is 0 Å².